The number of Topliss-reactive ketones (excluding diaryl/α,β-unsaturated/α-hetero) is 3. The number of nitrogens with one attached hydrogen (secondary N) is 2. The molecule has 352 valence electrons. The maximum absolute atomic E-state index is 12.3. The Bertz CT molecular complexity index is 1180. The molecule has 0 radical (unpaired) electrons. The second-order valence-electron chi connectivity index (χ2n) is 15.8. The SMILES string of the molecule is CC(=O)[C@@H](C)CCCCCC(=O)COCCOCCNC(=O)COCCOCCCC(=O)CC[C@H](NC(=O)CCCCCCCCCCCCCCCCC(=O)O)C(=O)O.[HH].[HH]. The minimum absolute atomic E-state index is 0. The molecule has 0 spiro atoms. The molecule has 2 amide bonds. The zero-order valence-electron chi connectivity index (χ0n) is 37.1. The van der Waals surface area contributed by atoms with Crippen LogP contribution in [0.25, 0.3) is 0 Å². The van der Waals surface area contributed by atoms with Crippen LogP contribution in [0, 0.1) is 5.92 Å². The largest absolute Gasteiger partial charge is 0.481 e. The summed E-state index contributed by atoms with van der Waals surface area (Å²) < 4.78 is 21.5. The van der Waals surface area contributed by atoms with Gasteiger partial charge in [0, 0.05) is 54.0 Å². The van der Waals surface area contributed by atoms with Crippen molar-refractivity contribution in [3.8, 4) is 0 Å². The molecule has 0 bridgehead atoms. The number of carboxylic acids is 2. The summed E-state index contributed by atoms with van der Waals surface area (Å²) in [6.45, 7) is 5.41. The van der Waals surface area contributed by atoms with Crippen LogP contribution in [0.5, 0.6) is 0 Å². The van der Waals surface area contributed by atoms with Crippen molar-refractivity contribution in [3.63, 3.8) is 0 Å². The standard InChI is InChI=1S/C45H80N2O13.2H2/c1-37(38(2)48)21-16-15-17-22-40(50)35-59-33-32-58-30-28-46-43(52)36-60-34-31-57-29-20-23-39(49)26-27-41(45(55)56)47-42(51)24-18-13-11-9-7-5-3-4-6-8-10-12-14-19-25-44(53)54;;/h37,41H,3-36H2,1-2H3,(H,46,52)(H,47,51)(H,53,54)(H,55,56);2*1H/t37-,41-;;/m0../s1. The fourth-order valence-electron chi connectivity index (χ4n) is 6.34. The number of hydrogen-bond donors (Lipinski definition) is 4. The van der Waals surface area contributed by atoms with Crippen LogP contribution in [0.3, 0.4) is 0 Å². The fraction of sp³-hybridized carbons (Fsp3) is 0.844. The molecule has 15 heteroatoms. The van der Waals surface area contributed by atoms with Gasteiger partial charge in [0.1, 0.15) is 30.8 Å². The molecule has 15 nitrogen and oxygen atoms in total. The summed E-state index contributed by atoms with van der Waals surface area (Å²) in [6, 6.07) is -1.10. The number of carbonyl (C=O) groups is 7. The first-order valence-electron chi connectivity index (χ1n) is 22.8. The number of carbonyl (C=O) groups excluding carboxylic acids is 5. The van der Waals surface area contributed by atoms with Gasteiger partial charge in [0.25, 0.3) is 0 Å². The van der Waals surface area contributed by atoms with Gasteiger partial charge in [-0.15, -0.1) is 0 Å². The van der Waals surface area contributed by atoms with E-state index in [4.69, 9.17) is 24.1 Å². The maximum atomic E-state index is 12.3. The molecule has 0 aromatic rings. The Kier molecular flexibility index (Phi) is 38.9. The highest BCUT2D eigenvalue weighted by atomic mass is 16.5. The highest BCUT2D eigenvalue weighted by Crippen LogP contribution is 2.15. The van der Waals surface area contributed by atoms with E-state index in [1.54, 1.807) is 6.92 Å². The molecule has 60 heavy (non-hydrogen) atoms. The van der Waals surface area contributed by atoms with Crippen LogP contribution in [0.1, 0.15) is 177 Å². The molecule has 4 N–H and O–H groups in total. The number of ether oxygens (including phenoxy) is 4. The molecule has 0 unspecified atom stereocenters. The van der Waals surface area contributed by atoms with Gasteiger partial charge >= 0.3 is 11.9 Å². The van der Waals surface area contributed by atoms with Crippen LogP contribution in [-0.4, -0.2) is 117 Å². The number of hydrogen-bond acceptors (Lipinski definition) is 11. The Balaban J connectivity index is -0.0000174. The molecule has 0 saturated carbocycles. The normalized spacial score (nSPS) is 12.2. The van der Waals surface area contributed by atoms with Crippen molar-refractivity contribution in [1.82, 2.24) is 10.6 Å². The van der Waals surface area contributed by atoms with Crippen LogP contribution >= 0.6 is 0 Å². The molecular weight excluding hydrogens is 776 g/mol. The molecule has 0 aromatic carbocycles. The van der Waals surface area contributed by atoms with Crippen LogP contribution in [0.15, 0.2) is 0 Å². The molecule has 2 atom stereocenters. The summed E-state index contributed by atoms with van der Waals surface area (Å²) in [6.07, 6.45) is 20.5. The van der Waals surface area contributed by atoms with E-state index in [0.29, 0.717) is 45.6 Å². The first-order valence-corrected chi connectivity index (χ1v) is 22.8. The average Bonchev–Trinajstić information content (AvgIpc) is 3.20. The van der Waals surface area contributed by atoms with Crippen molar-refractivity contribution in [2.45, 2.75) is 180 Å². The summed E-state index contributed by atoms with van der Waals surface area (Å²) in [5.41, 5.74) is 0. The number of rotatable bonds is 46. The quantitative estimate of drug-likeness (QED) is 0.0438. The van der Waals surface area contributed by atoms with Crippen molar-refractivity contribution in [1.29, 1.82) is 0 Å². The van der Waals surface area contributed by atoms with E-state index in [-0.39, 0.29) is 103 Å². The molecule has 0 aliphatic rings. The summed E-state index contributed by atoms with van der Waals surface area (Å²) in [5, 5.41) is 23.4. The zero-order chi connectivity index (χ0) is 44.5. The van der Waals surface area contributed by atoms with Crippen LogP contribution < -0.4 is 10.6 Å². The van der Waals surface area contributed by atoms with Gasteiger partial charge in [0.2, 0.25) is 11.8 Å². The van der Waals surface area contributed by atoms with Gasteiger partial charge < -0.3 is 39.8 Å². The molecule has 0 heterocycles. The number of aliphatic carboxylic acids is 2. The topological polar surface area (TPSA) is 221 Å². The third-order valence-electron chi connectivity index (χ3n) is 10.2. The molecule has 0 aliphatic heterocycles. The van der Waals surface area contributed by atoms with Crippen molar-refractivity contribution in [3.05, 3.63) is 0 Å². The number of carboxylic acid groups (broad SMARTS) is 2. The Morgan fingerprint density at radius 2 is 0.967 bits per heavy atom. The monoisotopic (exact) mass is 861 g/mol. The van der Waals surface area contributed by atoms with Crippen LogP contribution in [0.2, 0.25) is 0 Å². The fourth-order valence-corrected chi connectivity index (χ4v) is 6.34. The Morgan fingerprint density at radius 3 is 1.53 bits per heavy atom. The van der Waals surface area contributed by atoms with E-state index in [0.717, 1.165) is 64.2 Å². The van der Waals surface area contributed by atoms with E-state index < -0.39 is 18.0 Å². The summed E-state index contributed by atoms with van der Waals surface area (Å²) in [4.78, 5) is 81.9. The highest BCUT2D eigenvalue weighted by Gasteiger charge is 2.21. The van der Waals surface area contributed by atoms with Gasteiger partial charge in [0.05, 0.1) is 33.0 Å². The van der Waals surface area contributed by atoms with Crippen molar-refractivity contribution >= 4 is 41.1 Å². The first kappa shape index (κ1) is 56.7. The second kappa shape index (κ2) is 41.1. The van der Waals surface area contributed by atoms with E-state index >= 15 is 0 Å². The van der Waals surface area contributed by atoms with Crippen LogP contribution in [-0.2, 0) is 52.5 Å². The average molecular weight is 861 g/mol. The van der Waals surface area contributed by atoms with Gasteiger partial charge in [-0.2, -0.15) is 0 Å². The predicted octanol–water partition coefficient (Wildman–Crippen LogP) is 7.43. The predicted molar refractivity (Wildman–Crippen MR) is 233 cm³/mol. The third kappa shape index (κ3) is 40.2. The lowest BCUT2D eigenvalue weighted by Crippen LogP contribution is -2.41. The number of ketones is 3. The van der Waals surface area contributed by atoms with Crippen molar-refractivity contribution < 1.29 is 65.6 Å². The molecule has 0 rings (SSSR count). The van der Waals surface area contributed by atoms with Gasteiger partial charge in [0.15, 0.2) is 5.78 Å². The minimum atomic E-state index is -1.15. The number of amides is 2. The molecule has 0 aliphatic carbocycles. The lowest BCUT2D eigenvalue weighted by Gasteiger charge is -2.14. The smallest absolute Gasteiger partial charge is 0.326 e. The lowest BCUT2D eigenvalue weighted by atomic mass is 9.99. The van der Waals surface area contributed by atoms with Crippen LogP contribution in [0.4, 0.5) is 0 Å². The third-order valence-corrected chi connectivity index (χ3v) is 10.2. The summed E-state index contributed by atoms with van der Waals surface area (Å²) in [5.74, 6) is -2.24. The summed E-state index contributed by atoms with van der Waals surface area (Å²) >= 11 is 0. The maximum Gasteiger partial charge on any atom is 0.326 e. The van der Waals surface area contributed by atoms with Gasteiger partial charge in [-0.1, -0.05) is 96.8 Å². The molecular formula is C45H84N2O13. The molecule has 0 saturated heterocycles. The summed E-state index contributed by atoms with van der Waals surface area (Å²) in [7, 11) is 0. The minimum Gasteiger partial charge on any atom is -0.481 e. The Morgan fingerprint density at radius 1 is 0.483 bits per heavy atom. The van der Waals surface area contributed by atoms with Crippen molar-refractivity contribution in [2.24, 2.45) is 5.92 Å². The molecule has 0 fully saturated rings. The zero-order valence-corrected chi connectivity index (χ0v) is 37.1. The highest BCUT2D eigenvalue weighted by molar-refractivity contribution is 5.84. The first-order chi connectivity index (χ1) is 28.9. The Hall–Kier alpha value is -3.27. The van der Waals surface area contributed by atoms with Gasteiger partial charge in [-0.3, -0.25) is 28.8 Å². The van der Waals surface area contributed by atoms with Gasteiger partial charge in [-0.05, 0) is 45.4 Å². The van der Waals surface area contributed by atoms with E-state index in [9.17, 15) is 38.7 Å². The van der Waals surface area contributed by atoms with E-state index in [1.165, 1.54) is 44.9 Å². The van der Waals surface area contributed by atoms with Crippen molar-refractivity contribution in [2.75, 3.05) is 59.4 Å². The Labute approximate surface area is 362 Å². The van der Waals surface area contributed by atoms with E-state index in [2.05, 4.69) is 10.6 Å². The lowest BCUT2D eigenvalue weighted by molar-refractivity contribution is -0.142. The second-order valence-corrected chi connectivity index (χ2v) is 15.8. The van der Waals surface area contributed by atoms with E-state index in [1.807, 2.05) is 6.92 Å². The van der Waals surface area contributed by atoms with Gasteiger partial charge in [-0.25, -0.2) is 4.79 Å². The number of unbranched alkanes of at least 4 members (excludes halogenated alkanes) is 15. The molecule has 0 aromatic heterocycles.